The SMILES string of the molecule is O=c1c(OC2CCCC2)c(N2CCN(S(=O)(=O)c3ccccn3)CC2)cnn1-c1cc(F)cc(F)c1. The Morgan fingerprint density at radius 2 is 1.67 bits per heavy atom. The summed E-state index contributed by atoms with van der Waals surface area (Å²) in [5, 5.41) is 4.15. The number of sulfonamides is 1. The van der Waals surface area contributed by atoms with Gasteiger partial charge in [0.25, 0.3) is 10.0 Å². The molecule has 1 saturated carbocycles. The molecule has 0 atom stereocenters. The summed E-state index contributed by atoms with van der Waals surface area (Å²) in [6, 6.07) is 7.49. The van der Waals surface area contributed by atoms with Crippen LogP contribution in [0, 0.1) is 11.6 Å². The number of anilines is 1. The Hall–Kier alpha value is -3.38. The van der Waals surface area contributed by atoms with Crippen LogP contribution in [0.3, 0.4) is 0 Å². The molecule has 3 heterocycles. The number of hydrogen-bond acceptors (Lipinski definition) is 7. The minimum absolute atomic E-state index is 0.0182. The molecular weight excluding hydrogens is 492 g/mol. The number of piperazine rings is 1. The van der Waals surface area contributed by atoms with E-state index in [2.05, 4.69) is 10.1 Å². The Kier molecular flexibility index (Phi) is 6.71. The lowest BCUT2D eigenvalue weighted by atomic mass is 10.2. The van der Waals surface area contributed by atoms with E-state index < -0.39 is 27.2 Å². The molecule has 2 aliphatic rings. The van der Waals surface area contributed by atoms with Gasteiger partial charge in [0, 0.05) is 38.4 Å². The summed E-state index contributed by atoms with van der Waals surface area (Å²) in [6.45, 7) is 0.958. The molecular formula is C24H25F2N5O4S. The summed E-state index contributed by atoms with van der Waals surface area (Å²) in [4.78, 5) is 19.3. The largest absolute Gasteiger partial charge is 0.483 e. The maximum atomic E-state index is 13.8. The van der Waals surface area contributed by atoms with Gasteiger partial charge in [-0.2, -0.15) is 14.1 Å². The van der Waals surface area contributed by atoms with E-state index in [9.17, 15) is 22.0 Å². The van der Waals surface area contributed by atoms with Gasteiger partial charge in [-0.25, -0.2) is 22.2 Å². The number of pyridine rings is 1. The van der Waals surface area contributed by atoms with Gasteiger partial charge in [0.1, 0.15) is 17.3 Å². The highest BCUT2D eigenvalue weighted by Crippen LogP contribution is 2.31. The summed E-state index contributed by atoms with van der Waals surface area (Å²) in [5.41, 5.74) is -0.255. The minimum Gasteiger partial charge on any atom is -0.483 e. The molecule has 1 aromatic carbocycles. The number of rotatable bonds is 6. The zero-order chi connectivity index (χ0) is 25.3. The first kappa shape index (κ1) is 24.3. The van der Waals surface area contributed by atoms with Crippen molar-refractivity contribution in [2.45, 2.75) is 36.8 Å². The molecule has 1 aliphatic carbocycles. The molecule has 9 nitrogen and oxygen atoms in total. The Balaban J connectivity index is 1.44. The predicted molar refractivity (Wildman–Crippen MR) is 128 cm³/mol. The van der Waals surface area contributed by atoms with Gasteiger partial charge >= 0.3 is 5.56 Å². The van der Waals surface area contributed by atoms with Crippen LogP contribution in [0.2, 0.25) is 0 Å². The second-order valence-electron chi connectivity index (χ2n) is 8.79. The molecule has 1 saturated heterocycles. The lowest BCUT2D eigenvalue weighted by Gasteiger charge is -2.35. The number of ether oxygens (including phenoxy) is 1. The second kappa shape index (κ2) is 9.94. The van der Waals surface area contributed by atoms with E-state index in [4.69, 9.17) is 4.74 Å². The molecule has 36 heavy (non-hydrogen) atoms. The van der Waals surface area contributed by atoms with Gasteiger partial charge in [-0.05, 0) is 49.9 Å². The van der Waals surface area contributed by atoms with Gasteiger partial charge in [0.15, 0.2) is 5.03 Å². The van der Waals surface area contributed by atoms with Crippen LogP contribution in [0.5, 0.6) is 5.75 Å². The molecule has 2 aromatic heterocycles. The number of nitrogens with zero attached hydrogens (tertiary/aromatic N) is 5. The zero-order valence-electron chi connectivity index (χ0n) is 19.4. The van der Waals surface area contributed by atoms with E-state index in [-0.39, 0.29) is 35.7 Å². The van der Waals surface area contributed by atoms with Crippen molar-refractivity contribution >= 4 is 15.7 Å². The molecule has 0 N–H and O–H groups in total. The van der Waals surface area contributed by atoms with Gasteiger partial charge < -0.3 is 9.64 Å². The fourth-order valence-corrected chi connectivity index (χ4v) is 5.94. The highest BCUT2D eigenvalue weighted by molar-refractivity contribution is 7.89. The summed E-state index contributed by atoms with van der Waals surface area (Å²) >= 11 is 0. The molecule has 5 rings (SSSR count). The van der Waals surface area contributed by atoms with Crippen molar-refractivity contribution in [1.82, 2.24) is 19.1 Å². The van der Waals surface area contributed by atoms with Gasteiger partial charge in [0.2, 0.25) is 5.75 Å². The van der Waals surface area contributed by atoms with Crippen LogP contribution in [0.4, 0.5) is 14.5 Å². The van der Waals surface area contributed by atoms with E-state index >= 15 is 0 Å². The van der Waals surface area contributed by atoms with Crippen LogP contribution in [-0.2, 0) is 10.0 Å². The molecule has 0 amide bonds. The second-order valence-corrected chi connectivity index (χ2v) is 10.7. The first-order chi connectivity index (χ1) is 17.3. The van der Waals surface area contributed by atoms with Gasteiger partial charge in [-0.15, -0.1) is 0 Å². The predicted octanol–water partition coefficient (Wildman–Crippen LogP) is 2.74. The molecule has 0 spiro atoms. The number of aromatic nitrogens is 3. The van der Waals surface area contributed by atoms with Crippen LogP contribution >= 0.6 is 0 Å². The van der Waals surface area contributed by atoms with E-state index in [0.717, 1.165) is 48.6 Å². The number of benzene rings is 1. The highest BCUT2D eigenvalue weighted by Gasteiger charge is 2.32. The lowest BCUT2D eigenvalue weighted by molar-refractivity contribution is 0.205. The molecule has 0 radical (unpaired) electrons. The standard InChI is InChI=1S/C24H25F2N5O4S/c25-17-13-18(26)15-19(14-17)31-24(32)23(35-20-5-1-2-6-20)21(16-28-31)29-9-11-30(12-10-29)36(33,34)22-7-3-4-8-27-22/h3-4,7-8,13-16,20H,1-2,5-6,9-12H2. The van der Waals surface area contributed by atoms with Crippen molar-refractivity contribution in [3.05, 3.63) is 70.8 Å². The molecule has 190 valence electrons. The molecule has 3 aromatic rings. The van der Waals surface area contributed by atoms with Crippen LogP contribution in [0.15, 0.2) is 58.6 Å². The Morgan fingerprint density at radius 1 is 0.972 bits per heavy atom. The summed E-state index contributed by atoms with van der Waals surface area (Å²) in [6.07, 6.45) is 6.27. The number of hydrogen-bond donors (Lipinski definition) is 0. The van der Waals surface area contributed by atoms with E-state index in [0.29, 0.717) is 18.8 Å². The smallest absolute Gasteiger partial charge is 0.316 e. The third kappa shape index (κ3) is 4.82. The van der Waals surface area contributed by atoms with Crippen molar-refractivity contribution in [1.29, 1.82) is 0 Å². The molecule has 0 unspecified atom stereocenters. The highest BCUT2D eigenvalue weighted by atomic mass is 32.2. The normalized spacial score (nSPS) is 17.4. The summed E-state index contributed by atoms with van der Waals surface area (Å²) < 4.78 is 61.9. The maximum absolute atomic E-state index is 13.8. The average Bonchev–Trinajstić information content (AvgIpc) is 3.38. The van der Waals surface area contributed by atoms with Crippen molar-refractivity contribution in [3.8, 4) is 11.4 Å². The molecule has 0 bridgehead atoms. The fraction of sp³-hybridized carbons (Fsp3) is 0.375. The van der Waals surface area contributed by atoms with Gasteiger partial charge in [0.05, 0.1) is 18.0 Å². The molecule has 12 heteroatoms. The van der Waals surface area contributed by atoms with Crippen molar-refractivity contribution < 1.29 is 21.9 Å². The van der Waals surface area contributed by atoms with E-state index in [1.54, 1.807) is 12.1 Å². The number of halogens is 2. The monoisotopic (exact) mass is 517 g/mol. The topological polar surface area (TPSA) is 97.6 Å². The summed E-state index contributed by atoms with van der Waals surface area (Å²) in [5.74, 6) is -1.61. The Labute approximate surface area is 207 Å². The van der Waals surface area contributed by atoms with Crippen LogP contribution < -0.4 is 15.2 Å². The zero-order valence-corrected chi connectivity index (χ0v) is 20.2. The van der Waals surface area contributed by atoms with E-state index in [1.165, 1.54) is 22.8 Å². The minimum atomic E-state index is -3.74. The summed E-state index contributed by atoms with van der Waals surface area (Å²) in [7, 11) is -3.74. The first-order valence-electron chi connectivity index (χ1n) is 11.7. The average molecular weight is 518 g/mol. The lowest BCUT2D eigenvalue weighted by Crippen LogP contribution is -2.49. The van der Waals surface area contributed by atoms with Crippen LogP contribution in [0.1, 0.15) is 25.7 Å². The molecule has 1 aliphatic heterocycles. The van der Waals surface area contributed by atoms with Crippen molar-refractivity contribution in [3.63, 3.8) is 0 Å². The van der Waals surface area contributed by atoms with Crippen molar-refractivity contribution in [2.24, 2.45) is 0 Å². The van der Waals surface area contributed by atoms with Crippen molar-refractivity contribution in [2.75, 3.05) is 31.1 Å². The Bertz CT molecular complexity index is 1380. The van der Waals surface area contributed by atoms with Crippen LogP contribution in [-0.4, -0.2) is 59.8 Å². The fourth-order valence-electron chi connectivity index (χ4n) is 4.58. The van der Waals surface area contributed by atoms with E-state index in [1.807, 2.05) is 4.90 Å². The van der Waals surface area contributed by atoms with Gasteiger partial charge in [-0.3, -0.25) is 4.79 Å². The maximum Gasteiger partial charge on any atom is 0.316 e. The Morgan fingerprint density at radius 3 is 2.31 bits per heavy atom. The quantitative estimate of drug-likeness (QED) is 0.496. The molecule has 2 fully saturated rings. The van der Waals surface area contributed by atoms with Gasteiger partial charge in [-0.1, -0.05) is 6.07 Å². The first-order valence-corrected chi connectivity index (χ1v) is 13.2. The third-order valence-electron chi connectivity index (χ3n) is 6.41. The third-order valence-corrected chi connectivity index (χ3v) is 8.23. The van der Waals surface area contributed by atoms with Crippen LogP contribution in [0.25, 0.3) is 5.69 Å².